The van der Waals surface area contributed by atoms with Crippen molar-refractivity contribution in [2.24, 2.45) is 17.6 Å². The molecule has 0 spiro atoms. The Morgan fingerprint density at radius 3 is 2.60 bits per heavy atom. The second-order valence-electron chi connectivity index (χ2n) is 4.96. The van der Waals surface area contributed by atoms with Crippen LogP contribution < -0.4 is 5.73 Å². The summed E-state index contributed by atoms with van der Waals surface area (Å²) in [5.74, 6) is 0.575. The number of halogens is 2. The van der Waals surface area contributed by atoms with Crippen LogP contribution in [0.1, 0.15) is 32.3 Å². The van der Waals surface area contributed by atoms with Gasteiger partial charge in [0, 0.05) is 24.4 Å². The van der Waals surface area contributed by atoms with Crippen LogP contribution in [0, 0.1) is 11.8 Å². The molecule has 116 valence electrons. The van der Waals surface area contributed by atoms with E-state index < -0.39 is 0 Å². The number of nitrogens with zero attached hydrogens (tertiary/aromatic N) is 1. The van der Waals surface area contributed by atoms with Gasteiger partial charge in [0.1, 0.15) is 6.61 Å². The summed E-state index contributed by atoms with van der Waals surface area (Å²) in [5.41, 5.74) is 6.56. The zero-order valence-corrected chi connectivity index (χ0v) is 13.6. The first kappa shape index (κ1) is 21.5. The van der Waals surface area contributed by atoms with E-state index in [0.29, 0.717) is 18.9 Å². The predicted octanol–water partition coefficient (Wildman–Crippen LogP) is 2.98. The van der Waals surface area contributed by atoms with Crippen LogP contribution >= 0.6 is 24.8 Å². The Morgan fingerprint density at radius 2 is 2.10 bits per heavy atom. The van der Waals surface area contributed by atoms with Crippen LogP contribution in [0.5, 0.6) is 0 Å². The molecule has 6 heteroatoms. The van der Waals surface area contributed by atoms with Crippen LogP contribution in [0.4, 0.5) is 0 Å². The molecular formula is C14H24Cl2N2O2. The fourth-order valence-electron chi connectivity index (χ4n) is 1.87. The van der Waals surface area contributed by atoms with Crippen molar-refractivity contribution in [1.29, 1.82) is 0 Å². The maximum Gasteiger partial charge on any atom is 0.306 e. The van der Waals surface area contributed by atoms with Gasteiger partial charge in [-0.05, 0) is 30.9 Å². The smallest absolute Gasteiger partial charge is 0.306 e. The number of hydrogen-bond donors (Lipinski definition) is 1. The lowest BCUT2D eigenvalue weighted by molar-refractivity contribution is -0.146. The lowest BCUT2D eigenvalue weighted by Gasteiger charge is -2.16. The van der Waals surface area contributed by atoms with Gasteiger partial charge in [0.05, 0.1) is 0 Å². The van der Waals surface area contributed by atoms with Crippen LogP contribution in [0.15, 0.2) is 24.5 Å². The van der Waals surface area contributed by atoms with Crippen LogP contribution in [0.2, 0.25) is 0 Å². The molecule has 0 radical (unpaired) electrons. The van der Waals surface area contributed by atoms with E-state index in [4.69, 9.17) is 10.5 Å². The highest BCUT2D eigenvalue weighted by Gasteiger charge is 2.15. The Balaban J connectivity index is 0. The molecule has 0 aliphatic rings. The van der Waals surface area contributed by atoms with Crippen LogP contribution in [-0.4, -0.2) is 17.5 Å². The first-order valence-corrected chi connectivity index (χ1v) is 6.36. The third kappa shape index (κ3) is 9.13. The largest absolute Gasteiger partial charge is 0.461 e. The van der Waals surface area contributed by atoms with E-state index in [2.05, 4.69) is 18.8 Å². The van der Waals surface area contributed by atoms with Gasteiger partial charge in [-0.25, -0.2) is 0 Å². The summed E-state index contributed by atoms with van der Waals surface area (Å²) in [6.45, 7) is 5.07. The molecule has 0 bridgehead atoms. The van der Waals surface area contributed by atoms with Gasteiger partial charge in [-0.15, -0.1) is 24.8 Å². The van der Waals surface area contributed by atoms with E-state index in [1.807, 2.05) is 12.1 Å². The second-order valence-corrected chi connectivity index (χ2v) is 4.96. The quantitative estimate of drug-likeness (QED) is 0.784. The molecule has 0 amide bonds. The summed E-state index contributed by atoms with van der Waals surface area (Å²) in [7, 11) is 0. The second kappa shape index (κ2) is 11.9. The molecule has 0 saturated carbocycles. The van der Waals surface area contributed by atoms with Crippen molar-refractivity contribution in [3.05, 3.63) is 30.1 Å². The summed E-state index contributed by atoms with van der Waals surface area (Å²) in [5, 5.41) is 0. The number of nitrogens with two attached hydrogens (primary N) is 1. The molecule has 0 saturated heterocycles. The molecule has 0 aromatic carbocycles. The predicted molar refractivity (Wildman–Crippen MR) is 85.1 cm³/mol. The third-order valence-corrected chi connectivity index (χ3v) is 2.72. The highest BCUT2D eigenvalue weighted by molar-refractivity contribution is 5.85. The fourth-order valence-corrected chi connectivity index (χ4v) is 1.87. The number of aromatic nitrogens is 1. The van der Waals surface area contributed by atoms with Crippen molar-refractivity contribution in [2.75, 3.05) is 6.54 Å². The van der Waals surface area contributed by atoms with E-state index in [0.717, 1.165) is 12.0 Å². The number of carbonyl (C=O) groups excluding carboxylic acids is 1. The number of esters is 1. The number of pyridine rings is 1. The van der Waals surface area contributed by atoms with Crippen molar-refractivity contribution in [3.63, 3.8) is 0 Å². The molecule has 2 N–H and O–H groups in total. The average Bonchev–Trinajstić information content (AvgIpc) is 2.36. The maximum absolute atomic E-state index is 11.7. The van der Waals surface area contributed by atoms with E-state index in [-0.39, 0.29) is 43.3 Å². The highest BCUT2D eigenvalue weighted by Crippen LogP contribution is 2.15. The van der Waals surface area contributed by atoms with Crippen molar-refractivity contribution in [3.8, 4) is 0 Å². The van der Waals surface area contributed by atoms with E-state index >= 15 is 0 Å². The van der Waals surface area contributed by atoms with Crippen molar-refractivity contribution >= 4 is 30.8 Å². The van der Waals surface area contributed by atoms with Gasteiger partial charge >= 0.3 is 5.97 Å². The number of ether oxygens (including phenoxy) is 1. The summed E-state index contributed by atoms with van der Waals surface area (Å²) < 4.78 is 5.21. The molecule has 20 heavy (non-hydrogen) atoms. The Labute approximate surface area is 133 Å². The standard InChI is InChI=1S/C14H22N2O2.2ClH/c1-11(2)6-13(8-15)7-14(17)18-10-12-4-3-5-16-9-12;;/h3-5,9,11,13H,6-8,10,15H2,1-2H3;2*1H/t13-;;/m0../s1. The van der Waals surface area contributed by atoms with Gasteiger partial charge in [-0.3, -0.25) is 9.78 Å². The van der Waals surface area contributed by atoms with Crippen LogP contribution in [-0.2, 0) is 16.1 Å². The van der Waals surface area contributed by atoms with Gasteiger partial charge < -0.3 is 10.5 Å². The van der Waals surface area contributed by atoms with Gasteiger partial charge in [-0.2, -0.15) is 0 Å². The minimum atomic E-state index is -0.185. The van der Waals surface area contributed by atoms with Crippen molar-refractivity contribution in [2.45, 2.75) is 33.3 Å². The molecule has 1 aromatic heterocycles. The highest BCUT2D eigenvalue weighted by atomic mass is 35.5. The Morgan fingerprint density at radius 1 is 1.40 bits per heavy atom. The van der Waals surface area contributed by atoms with Crippen molar-refractivity contribution < 1.29 is 9.53 Å². The van der Waals surface area contributed by atoms with Crippen LogP contribution in [0.25, 0.3) is 0 Å². The summed E-state index contributed by atoms with van der Waals surface area (Å²) in [6.07, 6.45) is 4.74. The zero-order chi connectivity index (χ0) is 13.4. The SMILES string of the molecule is CC(C)C[C@H](CN)CC(=O)OCc1cccnc1.Cl.Cl. The molecule has 1 heterocycles. The van der Waals surface area contributed by atoms with E-state index in [1.54, 1.807) is 12.4 Å². The molecule has 0 aliphatic heterocycles. The van der Waals surface area contributed by atoms with Gasteiger partial charge in [0.2, 0.25) is 0 Å². The number of hydrogen-bond acceptors (Lipinski definition) is 4. The zero-order valence-electron chi connectivity index (χ0n) is 12.0. The Bertz CT molecular complexity index is 361. The lowest BCUT2D eigenvalue weighted by atomic mass is 9.94. The Hall–Kier alpha value is -0.840. The summed E-state index contributed by atoms with van der Waals surface area (Å²) in [6, 6.07) is 3.71. The van der Waals surface area contributed by atoms with E-state index in [1.165, 1.54) is 0 Å². The molecule has 0 aliphatic carbocycles. The van der Waals surface area contributed by atoms with Crippen molar-refractivity contribution in [1.82, 2.24) is 4.98 Å². The monoisotopic (exact) mass is 322 g/mol. The van der Waals surface area contributed by atoms with Gasteiger partial charge in [0.15, 0.2) is 0 Å². The normalized spacial score (nSPS) is 11.2. The topological polar surface area (TPSA) is 65.2 Å². The minimum Gasteiger partial charge on any atom is -0.461 e. The number of rotatable bonds is 7. The lowest BCUT2D eigenvalue weighted by Crippen LogP contribution is -2.21. The Kier molecular flexibility index (Phi) is 12.8. The first-order chi connectivity index (χ1) is 8.61. The van der Waals surface area contributed by atoms with E-state index in [9.17, 15) is 4.79 Å². The molecular weight excluding hydrogens is 299 g/mol. The summed E-state index contributed by atoms with van der Waals surface area (Å²) >= 11 is 0. The molecule has 1 aromatic rings. The minimum absolute atomic E-state index is 0. The molecule has 0 unspecified atom stereocenters. The molecule has 0 fully saturated rings. The van der Waals surface area contributed by atoms with Crippen LogP contribution in [0.3, 0.4) is 0 Å². The molecule has 1 atom stereocenters. The summed E-state index contributed by atoms with van der Waals surface area (Å²) in [4.78, 5) is 15.6. The van der Waals surface area contributed by atoms with Gasteiger partial charge in [0.25, 0.3) is 0 Å². The molecule has 1 rings (SSSR count). The molecule has 4 nitrogen and oxygen atoms in total. The number of carbonyl (C=O) groups is 1. The fraction of sp³-hybridized carbons (Fsp3) is 0.571. The van der Waals surface area contributed by atoms with Gasteiger partial charge in [-0.1, -0.05) is 19.9 Å². The average molecular weight is 323 g/mol. The first-order valence-electron chi connectivity index (χ1n) is 6.36. The maximum atomic E-state index is 11.7. The third-order valence-electron chi connectivity index (χ3n) is 2.72.